The molecule has 190 valence electrons. The van der Waals surface area contributed by atoms with Gasteiger partial charge < -0.3 is 9.47 Å². The van der Waals surface area contributed by atoms with Crippen molar-refractivity contribution in [2.75, 3.05) is 6.61 Å². The number of hydrogen-bond donors (Lipinski definition) is 0. The second-order valence-electron chi connectivity index (χ2n) is 10.2. The molecular formula is C29H35F3O3. The average Bonchev–Trinajstić information content (AvgIpc) is 2.85. The van der Waals surface area contributed by atoms with Gasteiger partial charge in [0.2, 0.25) is 0 Å². The van der Waals surface area contributed by atoms with Crippen LogP contribution in [0.3, 0.4) is 0 Å². The molecule has 0 radical (unpaired) electrons. The van der Waals surface area contributed by atoms with Crippen molar-refractivity contribution in [1.82, 2.24) is 0 Å². The summed E-state index contributed by atoms with van der Waals surface area (Å²) >= 11 is 0. The highest BCUT2D eigenvalue weighted by Gasteiger charge is 2.30. The van der Waals surface area contributed by atoms with Crippen LogP contribution in [0.25, 0.3) is 0 Å². The third-order valence-corrected chi connectivity index (χ3v) is 7.71. The van der Waals surface area contributed by atoms with Crippen molar-refractivity contribution in [3.05, 3.63) is 70.0 Å². The molecule has 2 fully saturated rings. The fraction of sp³-hybridized carbons (Fsp3) is 0.552. The Morgan fingerprint density at radius 1 is 0.857 bits per heavy atom. The molecule has 0 N–H and O–H groups in total. The van der Waals surface area contributed by atoms with Gasteiger partial charge in [0.05, 0.1) is 12.2 Å². The Morgan fingerprint density at radius 3 is 1.97 bits per heavy atom. The topological polar surface area (TPSA) is 35.5 Å². The summed E-state index contributed by atoms with van der Waals surface area (Å²) in [6.45, 7) is 4.87. The van der Waals surface area contributed by atoms with E-state index in [4.69, 9.17) is 9.47 Å². The molecule has 0 aliphatic heterocycles. The Labute approximate surface area is 206 Å². The van der Waals surface area contributed by atoms with Gasteiger partial charge in [0, 0.05) is 6.61 Å². The van der Waals surface area contributed by atoms with Crippen molar-refractivity contribution in [3.63, 3.8) is 0 Å². The van der Waals surface area contributed by atoms with E-state index in [0.717, 1.165) is 25.7 Å². The smallest absolute Gasteiger partial charge is 0.341 e. The molecule has 0 heterocycles. The van der Waals surface area contributed by atoms with E-state index >= 15 is 4.39 Å². The Balaban J connectivity index is 1.34. The summed E-state index contributed by atoms with van der Waals surface area (Å²) in [6.07, 6.45) is 5.79. The largest absolute Gasteiger partial charge is 0.459 e. The zero-order valence-corrected chi connectivity index (χ0v) is 20.6. The van der Waals surface area contributed by atoms with Crippen LogP contribution in [0.1, 0.15) is 104 Å². The molecule has 2 saturated carbocycles. The van der Waals surface area contributed by atoms with Crippen LogP contribution in [0.2, 0.25) is 0 Å². The van der Waals surface area contributed by atoms with E-state index in [-0.39, 0.29) is 30.1 Å². The van der Waals surface area contributed by atoms with Crippen LogP contribution in [0.5, 0.6) is 0 Å². The van der Waals surface area contributed by atoms with E-state index in [9.17, 15) is 13.6 Å². The molecule has 2 aromatic carbocycles. The minimum atomic E-state index is -0.726. The lowest BCUT2D eigenvalue weighted by molar-refractivity contribution is 0.0189. The van der Waals surface area contributed by atoms with Crippen LogP contribution in [0.4, 0.5) is 13.2 Å². The standard InChI is InChI=1S/C29H35F3O3/c1-3-34-17-19-6-13-25(26(30)16-19)29(33)35-22-11-9-21(10-12-22)24-15-14-23(27(31)28(24)32)20-7-4-18(2)5-8-20/h6,13-16,18,20-22H,3-5,7-12,17H2,1-2H3. The van der Waals surface area contributed by atoms with Crippen LogP contribution < -0.4 is 0 Å². The van der Waals surface area contributed by atoms with E-state index in [0.29, 0.717) is 54.9 Å². The average molecular weight is 489 g/mol. The molecule has 0 atom stereocenters. The molecule has 4 rings (SSSR count). The normalized spacial score (nSPS) is 24.8. The highest BCUT2D eigenvalue weighted by atomic mass is 19.2. The van der Waals surface area contributed by atoms with Crippen molar-refractivity contribution in [1.29, 1.82) is 0 Å². The predicted octanol–water partition coefficient (Wildman–Crippen LogP) is 7.82. The number of carbonyl (C=O) groups excluding carboxylic acids is 1. The SMILES string of the molecule is CCOCc1ccc(C(=O)OC2CCC(c3ccc(C4CCC(C)CC4)c(F)c3F)CC2)c(F)c1. The van der Waals surface area contributed by atoms with Gasteiger partial charge in [-0.15, -0.1) is 0 Å². The van der Waals surface area contributed by atoms with E-state index < -0.39 is 23.4 Å². The van der Waals surface area contributed by atoms with Gasteiger partial charge in [0.1, 0.15) is 11.9 Å². The Morgan fingerprint density at radius 2 is 1.43 bits per heavy atom. The fourth-order valence-corrected chi connectivity index (χ4v) is 5.52. The summed E-state index contributed by atoms with van der Waals surface area (Å²) < 4.78 is 55.2. The van der Waals surface area contributed by atoms with Crippen molar-refractivity contribution in [3.8, 4) is 0 Å². The molecule has 0 saturated heterocycles. The molecule has 2 aliphatic rings. The fourth-order valence-electron chi connectivity index (χ4n) is 5.52. The van der Waals surface area contributed by atoms with Gasteiger partial charge in [-0.05, 0) is 92.0 Å². The first kappa shape index (κ1) is 25.7. The maximum Gasteiger partial charge on any atom is 0.341 e. The molecule has 0 unspecified atom stereocenters. The number of hydrogen-bond acceptors (Lipinski definition) is 3. The lowest BCUT2D eigenvalue weighted by atomic mass is 9.77. The van der Waals surface area contributed by atoms with Crippen molar-refractivity contribution >= 4 is 5.97 Å². The van der Waals surface area contributed by atoms with Gasteiger partial charge in [-0.2, -0.15) is 0 Å². The van der Waals surface area contributed by atoms with Crippen LogP contribution >= 0.6 is 0 Å². The van der Waals surface area contributed by atoms with Crippen LogP contribution in [0.15, 0.2) is 30.3 Å². The van der Waals surface area contributed by atoms with Gasteiger partial charge in [0.15, 0.2) is 11.6 Å². The summed E-state index contributed by atoms with van der Waals surface area (Å²) in [5.41, 5.74) is 1.47. The maximum absolute atomic E-state index is 15.1. The van der Waals surface area contributed by atoms with Crippen LogP contribution in [-0.2, 0) is 16.1 Å². The third kappa shape index (κ3) is 6.08. The van der Waals surface area contributed by atoms with E-state index in [1.54, 1.807) is 18.2 Å². The first-order valence-corrected chi connectivity index (χ1v) is 12.9. The van der Waals surface area contributed by atoms with E-state index in [1.165, 1.54) is 12.1 Å². The van der Waals surface area contributed by atoms with Crippen LogP contribution in [0, 0.1) is 23.4 Å². The molecule has 0 amide bonds. The monoisotopic (exact) mass is 488 g/mol. The summed E-state index contributed by atoms with van der Waals surface area (Å²) in [5, 5.41) is 0. The summed E-state index contributed by atoms with van der Waals surface area (Å²) in [4.78, 5) is 12.5. The lowest BCUT2D eigenvalue weighted by Crippen LogP contribution is -2.25. The van der Waals surface area contributed by atoms with E-state index in [2.05, 4.69) is 6.92 Å². The first-order chi connectivity index (χ1) is 16.9. The molecular weight excluding hydrogens is 453 g/mol. The van der Waals surface area contributed by atoms with Gasteiger partial charge in [-0.3, -0.25) is 0 Å². The summed E-state index contributed by atoms with van der Waals surface area (Å²) in [6, 6.07) is 7.89. The second-order valence-corrected chi connectivity index (χ2v) is 10.2. The summed E-state index contributed by atoms with van der Waals surface area (Å²) in [5.74, 6) is -2.12. The minimum Gasteiger partial charge on any atom is -0.459 e. The maximum atomic E-state index is 15.1. The molecule has 6 heteroatoms. The third-order valence-electron chi connectivity index (χ3n) is 7.71. The Kier molecular flexibility index (Phi) is 8.53. The second kappa shape index (κ2) is 11.6. The van der Waals surface area contributed by atoms with E-state index in [1.807, 2.05) is 6.92 Å². The molecule has 0 bridgehead atoms. The number of rotatable bonds is 7. The van der Waals surface area contributed by atoms with Gasteiger partial charge in [-0.25, -0.2) is 18.0 Å². The first-order valence-electron chi connectivity index (χ1n) is 12.9. The Bertz CT molecular complexity index is 1020. The van der Waals surface area contributed by atoms with Crippen molar-refractivity contribution < 1.29 is 27.4 Å². The molecule has 35 heavy (non-hydrogen) atoms. The lowest BCUT2D eigenvalue weighted by Gasteiger charge is -2.30. The highest BCUT2D eigenvalue weighted by Crippen LogP contribution is 2.40. The van der Waals surface area contributed by atoms with Crippen LogP contribution in [-0.4, -0.2) is 18.7 Å². The minimum absolute atomic E-state index is 0.0959. The predicted molar refractivity (Wildman–Crippen MR) is 129 cm³/mol. The molecule has 2 aromatic rings. The molecule has 0 aromatic heterocycles. The number of halogens is 3. The molecule has 2 aliphatic carbocycles. The summed E-state index contributed by atoms with van der Waals surface area (Å²) in [7, 11) is 0. The number of benzene rings is 2. The van der Waals surface area contributed by atoms with Crippen molar-refractivity contribution in [2.45, 2.75) is 89.8 Å². The zero-order valence-electron chi connectivity index (χ0n) is 20.6. The van der Waals surface area contributed by atoms with Crippen molar-refractivity contribution in [2.24, 2.45) is 5.92 Å². The zero-order chi connectivity index (χ0) is 24.9. The highest BCUT2D eigenvalue weighted by molar-refractivity contribution is 5.89. The number of carbonyl (C=O) groups is 1. The van der Waals surface area contributed by atoms with Gasteiger partial charge in [-0.1, -0.05) is 38.0 Å². The van der Waals surface area contributed by atoms with Gasteiger partial charge >= 0.3 is 5.97 Å². The Hall–Kier alpha value is -2.34. The molecule has 3 nitrogen and oxygen atoms in total. The molecule has 0 spiro atoms. The number of ether oxygens (including phenoxy) is 2. The van der Waals surface area contributed by atoms with Gasteiger partial charge in [0.25, 0.3) is 0 Å². The number of esters is 1. The quantitative estimate of drug-likeness (QED) is 0.373.